The number of anilines is 1. The van der Waals surface area contributed by atoms with Crippen molar-refractivity contribution in [3.05, 3.63) is 24.3 Å². The Bertz CT molecular complexity index is 659. The zero-order chi connectivity index (χ0) is 18.6. The molecule has 1 aliphatic heterocycles. The number of benzene rings is 1. The van der Waals surface area contributed by atoms with E-state index >= 15 is 0 Å². The first-order valence-corrected chi connectivity index (χ1v) is 8.30. The molecule has 7 heteroatoms. The summed E-state index contributed by atoms with van der Waals surface area (Å²) >= 11 is 0. The quantitative estimate of drug-likeness (QED) is 0.781. The number of carboxylic acid groups (broad SMARTS) is 1. The van der Waals surface area contributed by atoms with Crippen molar-refractivity contribution in [2.75, 3.05) is 18.6 Å². The van der Waals surface area contributed by atoms with Crippen LogP contribution >= 0.6 is 0 Å². The molecule has 2 rings (SSSR count). The number of ether oxygens (including phenoxy) is 1. The molecule has 1 unspecified atom stereocenters. The summed E-state index contributed by atoms with van der Waals surface area (Å²) in [6.07, 6.45) is 0.399. The minimum atomic E-state index is -1.06. The molecule has 0 spiro atoms. The van der Waals surface area contributed by atoms with Crippen LogP contribution in [-0.2, 0) is 14.4 Å². The Morgan fingerprint density at radius 1 is 1.36 bits per heavy atom. The normalized spacial score (nSPS) is 18.3. The number of methoxy groups -OCH3 is 1. The molecule has 1 saturated heterocycles. The molecule has 7 nitrogen and oxygen atoms in total. The topological polar surface area (TPSA) is 95.9 Å². The molecule has 2 amide bonds. The first-order valence-electron chi connectivity index (χ1n) is 8.30. The summed E-state index contributed by atoms with van der Waals surface area (Å²) in [5.74, 6) is -1.53. The molecule has 2 atom stereocenters. The van der Waals surface area contributed by atoms with Gasteiger partial charge in [0.2, 0.25) is 11.8 Å². The maximum atomic E-state index is 12.4. The Balaban J connectivity index is 2.08. The van der Waals surface area contributed by atoms with Gasteiger partial charge < -0.3 is 20.1 Å². The number of aliphatic carboxylic acids is 1. The minimum absolute atomic E-state index is 0.0535. The van der Waals surface area contributed by atoms with E-state index in [2.05, 4.69) is 5.32 Å². The summed E-state index contributed by atoms with van der Waals surface area (Å²) < 4.78 is 5.27. The van der Waals surface area contributed by atoms with E-state index in [0.29, 0.717) is 17.9 Å². The van der Waals surface area contributed by atoms with Crippen molar-refractivity contribution in [3.8, 4) is 5.75 Å². The zero-order valence-electron chi connectivity index (χ0n) is 14.7. The lowest BCUT2D eigenvalue weighted by Gasteiger charge is -2.20. The van der Waals surface area contributed by atoms with Crippen molar-refractivity contribution in [2.24, 2.45) is 11.8 Å². The predicted molar refractivity (Wildman–Crippen MR) is 92.5 cm³/mol. The van der Waals surface area contributed by atoms with Crippen molar-refractivity contribution >= 4 is 23.5 Å². The third-order valence-corrected chi connectivity index (χ3v) is 4.19. The summed E-state index contributed by atoms with van der Waals surface area (Å²) in [7, 11) is 1.52. The van der Waals surface area contributed by atoms with Crippen LogP contribution in [0.25, 0.3) is 0 Å². The van der Waals surface area contributed by atoms with E-state index in [1.54, 1.807) is 24.3 Å². The van der Waals surface area contributed by atoms with Crippen LogP contribution in [0.15, 0.2) is 24.3 Å². The standard InChI is InChI=1S/C18H24N2O5/c1-11(2)8-13(18(23)24)19-17(22)12-9-16(21)20(10-12)14-6-4-5-7-15(14)25-3/h4-7,11-13H,8-10H2,1-3H3,(H,19,22)(H,23,24)/t12?,13-/m0/s1. The summed E-state index contributed by atoms with van der Waals surface area (Å²) in [6, 6.07) is 6.16. The maximum absolute atomic E-state index is 12.4. The van der Waals surface area contributed by atoms with Gasteiger partial charge >= 0.3 is 5.97 Å². The fourth-order valence-corrected chi connectivity index (χ4v) is 2.95. The van der Waals surface area contributed by atoms with Gasteiger partial charge in [0.15, 0.2) is 0 Å². The predicted octanol–water partition coefficient (Wildman–Crippen LogP) is 1.66. The lowest BCUT2D eigenvalue weighted by Crippen LogP contribution is -2.44. The molecule has 1 aromatic carbocycles. The Morgan fingerprint density at radius 3 is 2.64 bits per heavy atom. The Labute approximate surface area is 147 Å². The summed E-state index contributed by atoms with van der Waals surface area (Å²) in [6.45, 7) is 3.99. The van der Waals surface area contributed by atoms with Gasteiger partial charge in [-0.25, -0.2) is 4.79 Å². The highest BCUT2D eigenvalue weighted by Crippen LogP contribution is 2.32. The highest BCUT2D eigenvalue weighted by Gasteiger charge is 2.37. The number of carbonyl (C=O) groups excluding carboxylic acids is 2. The van der Waals surface area contributed by atoms with Crippen molar-refractivity contribution < 1.29 is 24.2 Å². The fourth-order valence-electron chi connectivity index (χ4n) is 2.95. The molecule has 0 bridgehead atoms. The van der Waals surface area contributed by atoms with Crippen LogP contribution in [-0.4, -0.2) is 42.6 Å². The van der Waals surface area contributed by atoms with Crippen LogP contribution in [0, 0.1) is 11.8 Å². The van der Waals surface area contributed by atoms with Gasteiger partial charge in [-0.05, 0) is 24.5 Å². The highest BCUT2D eigenvalue weighted by atomic mass is 16.5. The molecule has 1 aliphatic rings. The maximum Gasteiger partial charge on any atom is 0.326 e. The van der Waals surface area contributed by atoms with E-state index in [9.17, 15) is 19.5 Å². The molecule has 1 aromatic rings. The first-order chi connectivity index (χ1) is 11.8. The average molecular weight is 348 g/mol. The molecular weight excluding hydrogens is 324 g/mol. The van der Waals surface area contributed by atoms with Gasteiger partial charge in [0.1, 0.15) is 11.8 Å². The van der Waals surface area contributed by atoms with Gasteiger partial charge in [0.25, 0.3) is 0 Å². The number of carboxylic acids is 1. The van der Waals surface area contributed by atoms with Crippen LogP contribution in [0.5, 0.6) is 5.75 Å². The molecule has 136 valence electrons. The number of hydrogen-bond donors (Lipinski definition) is 2. The Morgan fingerprint density at radius 2 is 2.04 bits per heavy atom. The van der Waals surface area contributed by atoms with E-state index in [0.717, 1.165) is 0 Å². The van der Waals surface area contributed by atoms with Gasteiger partial charge in [-0.1, -0.05) is 26.0 Å². The highest BCUT2D eigenvalue weighted by molar-refractivity contribution is 6.01. The van der Waals surface area contributed by atoms with Crippen LogP contribution in [0.4, 0.5) is 5.69 Å². The van der Waals surface area contributed by atoms with Gasteiger partial charge in [0, 0.05) is 13.0 Å². The number of hydrogen-bond acceptors (Lipinski definition) is 4. The van der Waals surface area contributed by atoms with Crippen LogP contribution in [0.3, 0.4) is 0 Å². The molecule has 0 saturated carbocycles. The number of nitrogens with one attached hydrogen (secondary N) is 1. The molecular formula is C18H24N2O5. The van der Waals surface area contributed by atoms with E-state index in [4.69, 9.17) is 4.74 Å². The van der Waals surface area contributed by atoms with Crippen molar-refractivity contribution in [3.63, 3.8) is 0 Å². The number of rotatable bonds is 7. The summed E-state index contributed by atoms with van der Waals surface area (Å²) in [4.78, 5) is 37.6. The monoisotopic (exact) mass is 348 g/mol. The average Bonchev–Trinajstić information content (AvgIpc) is 2.95. The van der Waals surface area contributed by atoms with Crippen LogP contribution in [0.2, 0.25) is 0 Å². The largest absolute Gasteiger partial charge is 0.495 e. The molecule has 25 heavy (non-hydrogen) atoms. The second kappa shape index (κ2) is 8.00. The molecule has 1 fully saturated rings. The molecule has 2 N–H and O–H groups in total. The molecule has 0 radical (unpaired) electrons. The number of amides is 2. The lowest BCUT2D eigenvalue weighted by molar-refractivity contribution is -0.142. The van der Waals surface area contributed by atoms with Crippen molar-refractivity contribution in [1.29, 1.82) is 0 Å². The molecule has 0 aromatic heterocycles. The third-order valence-electron chi connectivity index (χ3n) is 4.19. The SMILES string of the molecule is COc1ccccc1N1CC(C(=O)N[C@@H](CC(C)C)C(=O)O)CC1=O. The number of carbonyl (C=O) groups is 3. The van der Waals surface area contributed by atoms with E-state index < -0.39 is 23.8 Å². The second-order valence-corrected chi connectivity index (χ2v) is 6.61. The molecule has 1 heterocycles. The summed E-state index contributed by atoms with van der Waals surface area (Å²) in [5.41, 5.74) is 0.613. The first kappa shape index (κ1) is 18.8. The van der Waals surface area contributed by atoms with Crippen LogP contribution in [0.1, 0.15) is 26.7 Å². The number of para-hydroxylation sites is 2. The Hall–Kier alpha value is -2.57. The van der Waals surface area contributed by atoms with E-state index in [1.807, 2.05) is 13.8 Å². The lowest BCUT2D eigenvalue weighted by atomic mass is 10.0. The van der Waals surface area contributed by atoms with E-state index in [-0.39, 0.29) is 24.8 Å². The van der Waals surface area contributed by atoms with Crippen molar-refractivity contribution in [2.45, 2.75) is 32.7 Å². The minimum Gasteiger partial charge on any atom is -0.495 e. The van der Waals surface area contributed by atoms with E-state index in [1.165, 1.54) is 12.0 Å². The smallest absolute Gasteiger partial charge is 0.326 e. The molecule has 0 aliphatic carbocycles. The number of nitrogens with zero attached hydrogens (tertiary/aromatic N) is 1. The second-order valence-electron chi connectivity index (χ2n) is 6.61. The van der Waals surface area contributed by atoms with Gasteiger partial charge in [-0.15, -0.1) is 0 Å². The third kappa shape index (κ3) is 4.49. The fraction of sp³-hybridized carbons (Fsp3) is 0.500. The van der Waals surface area contributed by atoms with Crippen LogP contribution < -0.4 is 15.0 Å². The van der Waals surface area contributed by atoms with Gasteiger partial charge in [-0.2, -0.15) is 0 Å². The zero-order valence-corrected chi connectivity index (χ0v) is 14.7. The van der Waals surface area contributed by atoms with Crippen molar-refractivity contribution in [1.82, 2.24) is 5.32 Å². The summed E-state index contributed by atoms with van der Waals surface area (Å²) in [5, 5.41) is 11.8. The van der Waals surface area contributed by atoms with Gasteiger partial charge in [0.05, 0.1) is 18.7 Å². The van der Waals surface area contributed by atoms with Gasteiger partial charge in [-0.3, -0.25) is 9.59 Å². The Kier molecular flexibility index (Phi) is 6.01.